The smallest absolute Gasteiger partial charge is 0.272 e. The summed E-state index contributed by atoms with van der Waals surface area (Å²) in [4.78, 5) is 12.4. The molecule has 0 spiro atoms. The Hall–Kier alpha value is -2.25. The van der Waals surface area contributed by atoms with E-state index in [1.165, 1.54) is 0 Å². The van der Waals surface area contributed by atoms with Gasteiger partial charge in [-0.25, -0.2) is 0 Å². The standard InChI is InChI=1S/C19H26N4O3.ClH/c1-3-26-17-7-6-14(11-18(17)25-2)12-21-19(24)16-8-10-23(22-16)15-5-4-9-20-13-15;/h6-8,10-11,15,20H,3-5,9,12-13H2,1-2H3,(H,21,24);1H. The van der Waals surface area contributed by atoms with Crippen molar-refractivity contribution in [2.24, 2.45) is 0 Å². The number of nitrogens with zero attached hydrogens (tertiary/aromatic N) is 2. The summed E-state index contributed by atoms with van der Waals surface area (Å²) in [6.07, 6.45) is 4.10. The quantitative estimate of drug-likeness (QED) is 0.754. The summed E-state index contributed by atoms with van der Waals surface area (Å²) in [6.45, 7) is 4.85. The summed E-state index contributed by atoms with van der Waals surface area (Å²) < 4.78 is 12.7. The highest BCUT2D eigenvalue weighted by Gasteiger charge is 2.17. The first kappa shape index (κ1) is 21.1. The fraction of sp³-hybridized carbons (Fsp3) is 0.474. The molecule has 1 amide bonds. The molecular formula is C19H27ClN4O3. The molecule has 148 valence electrons. The van der Waals surface area contributed by atoms with Crippen molar-refractivity contribution in [1.29, 1.82) is 0 Å². The molecule has 1 saturated heterocycles. The molecule has 1 aliphatic heterocycles. The second-order valence-electron chi connectivity index (χ2n) is 6.28. The average Bonchev–Trinajstić information content (AvgIpc) is 3.18. The Balaban J connectivity index is 0.00000261. The van der Waals surface area contributed by atoms with Crippen LogP contribution in [-0.4, -0.2) is 42.5 Å². The molecule has 0 saturated carbocycles. The first-order chi connectivity index (χ1) is 12.7. The third kappa shape index (κ3) is 5.37. The average molecular weight is 395 g/mol. The number of piperidine rings is 1. The van der Waals surface area contributed by atoms with Crippen molar-refractivity contribution >= 4 is 18.3 Å². The summed E-state index contributed by atoms with van der Waals surface area (Å²) in [5, 5.41) is 10.7. The zero-order chi connectivity index (χ0) is 18.4. The van der Waals surface area contributed by atoms with Gasteiger partial charge in [0.25, 0.3) is 5.91 Å². The van der Waals surface area contributed by atoms with E-state index in [2.05, 4.69) is 15.7 Å². The lowest BCUT2D eigenvalue weighted by molar-refractivity contribution is 0.0944. The number of carbonyl (C=O) groups excluding carboxylic acids is 1. The van der Waals surface area contributed by atoms with Gasteiger partial charge < -0.3 is 20.1 Å². The molecule has 2 N–H and O–H groups in total. The van der Waals surface area contributed by atoms with E-state index in [4.69, 9.17) is 9.47 Å². The Morgan fingerprint density at radius 2 is 2.22 bits per heavy atom. The third-order valence-corrected chi connectivity index (χ3v) is 4.47. The summed E-state index contributed by atoms with van der Waals surface area (Å²) >= 11 is 0. The largest absolute Gasteiger partial charge is 0.493 e. The normalized spacial score (nSPS) is 16.3. The van der Waals surface area contributed by atoms with Gasteiger partial charge in [-0.1, -0.05) is 6.07 Å². The van der Waals surface area contributed by atoms with Crippen molar-refractivity contribution in [2.45, 2.75) is 32.4 Å². The van der Waals surface area contributed by atoms with Crippen molar-refractivity contribution in [1.82, 2.24) is 20.4 Å². The molecule has 2 heterocycles. The number of halogens is 1. The Morgan fingerprint density at radius 1 is 1.37 bits per heavy atom. The van der Waals surface area contributed by atoms with Crippen molar-refractivity contribution in [3.05, 3.63) is 41.7 Å². The maximum atomic E-state index is 12.4. The number of aromatic nitrogens is 2. The number of hydrogen-bond acceptors (Lipinski definition) is 5. The van der Waals surface area contributed by atoms with Crippen LogP contribution in [0.15, 0.2) is 30.5 Å². The van der Waals surface area contributed by atoms with E-state index in [-0.39, 0.29) is 18.3 Å². The number of amides is 1. The van der Waals surface area contributed by atoms with Gasteiger partial charge in [0.2, 0.25) is 0 Å². The molecule has 8 heteroatoms. The van der Waals surface area contributed by atoms with Gasteiger partial charge in [-0.05, 0) is 50.1 Å². The van der Waals surface area contributed by atoms with E-state index >= 15 is 0 Å². The lowest BCUT2D eigenvalue weighted by Gasteiger charge is -2.22. The predicted octanol–water partition coefficient (Wildman–Crippen LogP) is 2.57. The first-order valence-corrected chi connectivity index (χ1v) is 9.05. The van der Waals surface area contributed by atoms with Crippen molar-refractivity contribution in [2.75, 3.05) is 26.8 Å². The predicted molar refractivity (Wildman–Crippen MR) is 106 cm³/mol. The summed E-state index contributed by atoms with van der Waals surface area (Å²) in [5.74, 6) is 1.18. The van der Waals surface area contributed by atoms with E-state index in [1.807, 2.05) is 36.0 Å². The van der Waals surface area contributed by atoms with Crippen molar-refractivity contribution in [3.63, 3.8) is 0 Å². The minimum atomic E-state index is -0.180. The maximum absolute atomic E-state index is 12.4. The van der Waals surface area contributed by atoms with Crippen LogP contribution in [0.25, 0.3) is 0 Å². The Labute approximate surface area is 165 Å². The second-order valence-corrected chi connectivity index (χ2v) is 6.28. The van der Waals surface area contributed by atoms with E-state index < -0.39 is 0 Å². The number of methoxy groups -OCH3 is 1. The fourth-order valence-electron chi connectivity index (χ4n) is 3.09. The van der Waals surface area contributed by atoms with Crippen molar-refractivity contribution in [3.8, 4) is 11.5 Å². The van der Waals surface area contributed by atoms with Gasteiger partial charge in [-0.2, -0.15) is 5.10 Å². The molecule has 0 aliphatic carbocycles. The topological polar surface area (TPSA) is 77.4 Å². The van der Waals surface area contributed by atoms with Crippen LogP contribution in [-0.2, 0) is 6.54 Å². The summed E-state index contributed by atoms with van der Waals surface area (Å²) in [5.41, 5.74) is 1.38. The highest BCUT2D eigenvalue weighted by molar-refractivity contribution is 5.92. The molecule has 1 aromatic carbocycles. The highest BCUT2D eigenvalue weighted by Crippen LogP contribution is 2.28. The monoisotopic (exact) mass is 394 g/mol. The summed E-state index contributed by atoms with van der Waals surface area (Å²) in [7, 11) is 1.60. The SMILES string of the molecule is CCOc1ccc(CNC(=O)c2ccn(C3CCCNC3)n2)cc1OC.Cl. The molecule has 1 atom stereocenters. The van der Waals surface area contributed by atoms with Crippen LogP contribution in [0.4, 0.5) is 0 Å². The molecule has 0 radical (unpaired) electrons. The van der Waals surface area contributed by atoms with Crippen LogP contribution in [0.1, 0.15) is 41.9 Å². The molecule has 27 heavy (non-hydrogen) atoms. The molecule has 7 nitrogen and oxygen atoms in total. The van der Waals surface area contributed by atoms with Gasteiger partial charge in [0, 0.05) is 19.3 Å². The number of benzene rings is 1. The second kappa shape index (κ2) is 10.2. The van der Waals surface area contributed by atoms with E-state index in [9.17, 15) is 4.79 Å². The number of hydrogen-bond donors (Lipinski definition) is 2. The van der Waals surface area contributed by atoms with E-state index in [1.54, 1.807) is 13.2 Å². The van der Waals surface area contributed by atoms with Crippen LogP contribution in [0.5, 0.6) is 11.5 Å². The van der Waals surface area contributed by atoms with Crippen LogP contribution >= 0.6 is 12.4 Å². The van der Waals surface area contributed by atoms with Gasteiger partial charge in [0.05, 0.1) is 19.8 Å². The van der Waals surface area contributed by atoms with Crippen LogP contribution in [0.2, 0.25) is 0 Å². The van der Waals surface area contributed by atoms with Gasteiger partial charge >= 0.3 is 0 Å². The number of nitrogens with one attached hydrogen (secondary N) is 2. The first-order valence-electron chi connectivity index (χ1n) is 9.05. The number of ether oxygens (including phenoxy) is 2. The lowest BCUT2D eigenvalue weighted by atomic mass is 10.1. The summed E-state index contributed by atoms with van der Waals surface area (Å²) in [6, 6.07) is 7.73. The number of rotatable bonds is 7. The zero-order valence-electron chi connectivity index (χ0n) is 15.7. The zero-order valence-corrected chi connectivity index (χ0v) is 16.6. The van der Waals surface area contributed by atoms with Gasteiger partial charge in [-0.3, -0.25) is 9.48 Å². The van der Waals surface area contributed by atoms with Gasteiger partial charge in [-0.15, -0.1) is 12.4 Å². The van der Waals surface area contributed by atoms with Gasteiger partial charge in [0.15, 0.2) is 11.5 Å². The minimum absolute atomic E-state index is 0. The van der Waals surface area contributed by atoms with Crippen LogP contribution < -0.4 is 20.1 Å². The molecule has 0 bridgehead atoms. The minimum Gasteiger partial charge on any atom is -0.493 e. The molecule has 2 aromatic rings. The Kier molecular flexibility index (Phi) is 7.94. The molecule has 1 aliphatic rings. The number of carbonyl (C=O) groups is 1. The van der Waals surface area contributed by atoms with Gasteiger partial charge in [0.1, 0.15) is 5.69 Å². The van der Waals surface area contributed by atoms with Crippen LogP contribution in [0, 0.1) is 0 Å². The maximum Gasteiger partial charge on any atom is 0.272 e. The highest BCUT2D eigenvalue weighted by atomic mass is 35.5. The Morgan fingerprint density at radius 3 is 2.93 bits per heavy atom. The van der Waals surface area contributed by atoms with E-state index in [0.29, 0.717) is 36.4 Å². The van der Waals surface area contributed by atoms with Crippen LogP contribution in [0.3, 0.4) is 0 Å². The molecule has 3 rings (SSSR count). The van der Waals surface area contributed by atoms with E-state index in [0.717, 1.165) is 31.5 Å². The molecule has 1 fully saturated rings. The molecular weight excluding hydrogens is 368 g/mol. The molecule has 1 unspecified atom stereocenters. The Bertz CT molecular complexity index is 744. The third-order valence-electron chi connectivity index (χ3n) is 4.47. The molecule has 1 aromatic heterocycles. The fourth-order valence-corrected chi connectivity index (χ4v) is 3.09. The lowest BCUT2D eigenvalue weighted by Crippen LogP contribution is -2.32. The van der Waals surface area contributed by atoms with Crippen molar-refractivity contribution < 1.29 is 14.3 Å².